The fourth-order valence-corrected chi connectivity index (χ4v) is 6.60. The van der Waals surface area contributed by atoms with Gasteiger partial charge in [0.2, 0.25) is 15.8 Å². The summed E-state index contributed by atoms with van der Waals surface area (Å²) in [5, 5.41) is 21.4. The molecule has 2 aromatic carbocycles. The van der Waals surface area contributed by atoms with Gasteiger partial charge in [0.05, 0.1) is 29.4 Å². The van der Waals surface area contributed by atoms with Gasteiger partial charge < -0.3 is 14.7 Å². The molecule has 0 unspecified atom stereocenters. The molecule has 286 valence electrons. The van der Waals surface area contributed by atoms with E-state index < -0.39 is 27.5 Å². The Bertz CT molecular complexity index is 1980. The third-order valence-corrected chi connectivity index (χ3v) is 9.29. The summed E-state index contributed by atoms with van der Waals surface area (Å²) >= 11 is 0. The van der Waals surface area contributed by atoms with E-state index in [9.17, 15) is 18.0 Å². The highest BCUT2D eigenvalue weighted by molar-refractivity contribution is 7.92. The number of nitrogens with zero attached hydrogens (tertiary/aromatic N) is 6. The van der Waals surface area contributed by atoms with Crippen LogP contribution < -0.4 is 14.9 Å². The van der Waals surface area contributed by atoms with Gasteiger partial charge in [0.1, 0.15) is 5.71 Å². The molecule has 0 spiro atoms. The molecule has 0 fully saturated rings. The van der Waals surface area contributed by atoms with Crippen molar-refractivity contribution in [2.75, 3.05) is 40.4 Å². The summed E-state index contributed by atoms with van der Waals surface area (Å²) in [7, 11) is -3.52. The van der Waals surface area contributed by atoms with Crippen LogP contribution in [0.1, 0.15) is 85.5 Å². The lowest BCUT2D eigenvalue weighted by atomic mass is 9.87. The number of rotatable bonds is 16. The third-order valence-electron chi connectivity index (χ3n) is 7.92. The lowest BCUT2D eigenvalue weighted by Crippen LogP contribution is -2.27. The van der Waals surface area contributed by atoms with E-state index in [0.29, 0.717) is 78.0 Å². The molecule has 4 rings (SSSR count). The molecule has 53 heavy (non-hydrogen) atoms. The van der Waals surface area contributed by atoms with Crippen molar-refractivity contribution in [3.05, 3.63) is 47.8 Å². The predicted molar refractivity (Wildman–Crippen MR) is 202 cm³/mol. The minimum Gasteiger partial charge on any atom is -0.481 e. The smallest absolute Gasteiger partial charge is 0.411 e. The van der Waals surface area contributed by atoms with Crippen LogP contribution in [-0.4, -0.2) is 83.5 Å². The molecule has 0 atom stereocenters. The average Bonchev–Trinajstić information content (AvgIpc) is 3.66. The monoisotopic (exact) mass is 752 g/mol. The lowest BCUT2D eigenvalue weighted by Gasteiger charge is -2.24. The van der Waals surface area contributed by atoms with Crippen LogP contribution in [0.5, 0.6) is 0 Å². The summed E-state index contributed by atoms with van der Waals surface area (Å²) in [6, 6.07) is 10.9. The highest BCUT2D eigenvalue weighted by atomic mass is 32.2. The Kier molecular flexibility index (Phi) is 15.0. The SMILES string of the molecule is CCCCS(=O)(=O)Nc1cc(CC)cc(-c2nc3n(n2)N=C(C(C)(C)C)C3=Nc2ccc(N(CC)CCCC(=O)O)cc2NC(=O)OCC)c1.O=C=O. The number of aliphatic imine (C=N–C) groups is 1. The molecule has 3 N–H and O–H groups in total. The first-order valence-corrected chi connectivity index (χ1v) is 19.1. The lowest BCUT2D eigenvalue weighted by molar-refractivity contribution is -0.191. The van der Waals surface area contributed by atoms with Crippen LogP contribution in [0, 0.1) is 5.41 Å². The molecule has 0 saturated carbocycles. The molecule has 0 aliphatic carbocycles. The largest absolute Gasteiger partial charge is 0.481 e. The van der Waals surface area contributed by atoms with Gasteiger partial charge >= 0.3 is 18.2 Å². The summed E-state index contributed by atoms with van der Waals surface area (Å²) in [5.74, 6) is -0.0713. The standard InChI is InChI=1S/C35H48N8O6S.CO2/c1-8-12-18-50(47,48)41-25-20-23(9-2)19-24(21-25)32-38-33-30(31(35(5,6)7)39-43(33)40-32)36-27-16-15-26(22-28(27)37-34(46)49-11-4)42(10-3)17-13-14-29(44)45;2-1-3/h15-16,19-22,41H,8-14,17-18H2,1-7H3,(H,37,46)(H,44,45);. The molecule has 17 heteroatoms. The van der Waals surface area contributed by atoms with Crippen molar-refractivity contribution in [3.8, 4) is 11.4 Å². The highest BCUT2D eigenvalue weighted by Crippen LogP contribution is 2.34. The zero-order valence-electron chi connectivity index (χ0n) is 31.2. The number of aromatic nitrogens is 3. The van der Waals surface area contributed by atoms with Crippen LogP contribution in [0.15, 0.2) is 46.5 Å². The van der Waals surface area contributed by atoms with E-state index in [1.165, 1.54) is 4.79 Å². The summed E-state index contributed by atoms with van der Waals surface area (Å²) in [5.41, 5.74) is 4.25. The average molecular weight is 753 g/mol. The van der Waals surface area contributed by atoms with Gasteiger partial charge in [0.15, 0.2) is 5.82 Å². The molecule has 0 bridgehead atoms. The van der Waals surface area contributed by atoms with E-state index in [1.807, 2.05) is 64.6 Å². The maximum atomic E-state index is 12.7. The minimum atomic E-state index is -3.52. The third kappa shape index (κ3) is 11.8. The molecule has 16 nitrogen and oxygen atoms in total. The molecule has 1 aliphatic rings. The quantitative estimate of drug-likeness (QED) is 0.152. The Morgan fingerprint density at radius 3 is 2.38 bits per heavy atom. The van der Waals surface area contributed by atoms with Crippen LogP contribution in [0.3, 0.4) is 0 Å². The number of hydrogen-bond acceptors (Lipinski definition) is 12. The van der Waals surface area contributed by atoms with Crippen molar-refractivity contribution < 1.29 is 37.4 Å². The fraction of sp³-hybridized carbons (Fsp3) is 0.472. The predicted octanol–water partition coefficient (Wildman–Crippen LogP) is 6.11. The number of benzene rings is 2. The first-order valence-electron chi connectivity index (χ1n) is 17.4. The van der Waals surface area contributed by atoms with Crippen LogP contribution in [0.2, 0.25) is 0 Å². The topological polar surface area (TPSA) is 215 Å². The van der Waals surface area contributed by atoms with Gasteiger partial charge in [-0.3, -0.25) is 14.8 Å². The second kappa shape index (κ2) is 18.9. The normalized spacial score (nSPS) is 13.0. The number of ether oxygens (including phenoxy) is 1. The van der Waals surface area contributed by atoms with Crippen molar-refractivity contribution in [2.45, 2.75) is 80.6 Å². The van der Waals surface area contributed by atoms with Crippen molar-refractivity contribution in [1.29, 1.82) is 0 Å². The second-order valence-corrected chi connectivity index (χ2v) is 14.9. The van der Waals surface area contributed by atoms with E-state index in [4.69, 9.17) is 34.5 Å². The van der Waals surface area contributed by atoms with Gasteiger partial charge in [-0.15, -0.1) is 9.89 Å². The molecule has 1 aromatic heterocycles. The number of aliphatic carboxylic acids is 1. The Hall–Kier alpha value is -5.41. The number of sulfonamides is 1. The van der Waals surface area contributed by atoms with Gasteiger partial charge in [-0.1, -0.05) is 41.0 Å². The molecule has 2 heterocycles. The van der Waals surface area contributed by atoms with Gasteiger partial charge in [0.25, 0.3) is 0 Å². The number of fused-ring (bicyclic) bond motifs is 1. The molecule has 1 amide bonds. The van der Waals surface area contributed by atoms with Gasteiger partial charge in [-0.05, 0) is 75.1 Å². The number of anilines is 3. The van der Waals surface area contributed by atoms with Gasteiger partial charge in [-0.25, -0.2) is 23.2 Å². The number of aryl methyl sites for hydroxylation is 1. The number of carbonyl (C=O) groups excluding carboxylic acids is 3. The molecule has 0 saturated heterocycles. The first-order chi connectivity index (χ1) is 25.1. The summed E-state index contributed by atoms with van der Waals surface area (Å²) in [6.45, 7) is 15.0. The van der Waals surface area contributed by atoms with Crippen molar-refractivity contribution in [2.24, 2.45) is 15.5 Å². The van der Waals surface area contributed by atoms with Crippen LogP contribution in [0.4, 0.5) is 27.5 Å². The van der Waals surface area contributed by atoms with Crippen LogP contribution in [0.25, 0.3) is 11.4 Å². The number of nitrogens with one attached hydrogen (secondary N) is 2. The summed E-state index contributed by atoms with van der Waals surface area (Å²) < 4.78 is 33.3. The van der Waals surface area contributed by atoms with Gasteiger partial charge in [-0.2, -0.15) is 14.7 Å². The molecular formula is C36H48N8O8S. The van der Waals surface area contributed by atoms with E-state index in [2.05, 4.69) is 15.1 Å². The Balaban J connectivity index is 0.00000243. The molecular weight excluding hydrogens is 705 g/mol. The Labute approximate surface area is 309 Å². The minimum absolute atomic E-state index is 0.0333. The molecule has 1 aliphatic heterocycles. The van der Waals surface area contributed by atoms with E-state index in [1.54, 1.807) is 25.1 Å². The van der Waals surface area contributed by atoms with Gasteiger partial charge in [0, 0.05) is 41.9 Å². The van der Waals surface area contributed by atoms with Crippen LogP contribution in [-0.2, 0) is 35.6 Å². The molecule has 3 aromatic rings. The summed E-state index contributed by atoms with van der Waals surface area (Å²) in [4.78, 5) is 53.3. The fourth-order valence-electron chi connectivity index (χ4n) is 5.36. The summed E-state index contributed by atoms with van der Waals surface area (Å²) in [6.07, 6.45) is 2.12. The number of carboxylic acid groups (broad SMARTS) is 1. The zero-order valence-corrected chi connectivity index (χ0v) is 32.0. The Morgan fingerprint density at radius 1 is 1.06 bits per heavy atom. The van der Waals surface area contributed by atoms with Crippen molar-refractivity contribution in [3.63, 3.8) is 0 Å². The van der Waals surface area contributed by atoms with Crippen molar-refractivity contribution >= 4 is 62.4 Å². The maximum absolute atomic E-state index is 12.7. The van der Waals surface area contributed by atoms with Crippen LogP contribution >= 0.6 is 0 Å². The van der Waals surface area contributed by atoms with E-state index in [0.717, 1.165) is 17.7 Å². The number of amides is 1. The highest BCUT2D eigenvalue weighted by Gasteiger charge is 2.35. The zero-order chi connectivity index (χ0) is 39.3. The second-order valence-electron chi connectivity index (χ2n) is 13.1. The first kappa shape index (κ1) is 42.0. The maximum Gasteiger partial charge on any atom is 0.411 e. The van der Waals surface area contributed by atoms with Crippen molar-refractivity contribution in [1.82, 2.24) is 14.9 Å². The Morgan fingerprint density at radius 2 is 1.77 bits per heavy atom. The number of carbonyl (C=O) groups is 2. The number of hydrogen-bond donors (Lipinski definition) is 3. The molecule has 0 radical (unpaired) electrons. The number of carboxylic acids is 1. The van der Waals surface area contributed by atoms with E-state index >= 15 is 0 Å². The number of unbranched alkanes of at least 4 members (excludes halogenated alkanes) is 1. The van der Waals surface area contributed by atoms with E-state index in [-0.39, 0.29) is 24.9 Å².